The number of nitrogens with one attached hydrogen (secondary N) is 1. The number of hydrogen-bond acceptors (Lipinski definition) is 6. The molecule has 1 aliphatic rings. The van der Waals surface area contributed by atoms with Crippen LogP contribution in [0.4, 0.5) is 0 Å². The lowest BCUT2D eigenvalue weighted by Crippen LogP contribution is -2.48. The molecule has 1 aliphatic heterocycles. The van der Waals surface area contributed by atoms with Crippen LogP contribution in [0.5, 0.6) is 0 Å². The molecule has 0 spiro atoms. The van der Waals surface area contributed by atoms with Crippen molar-refractivity contribution in [3.05, 3.63) is 51.1 Å². The van der Waals surface area contributed by atoms with Crippen LogP contribution < -0.4 is 5.56 Å². The normalized spacial score (nSPS) is 17.4. The number of aromatic amines is 1. The summed E-state index contributed by atoms with van der Waals surface area (Å²) in [5, 5.41) is 13.8. The van der Waals surface area contributed by atoms with Gasteiger partial charge in [0.25, 0.3) is 5.56 Å². The predicted molar refractivity (Wildman–Crippen MR) is 122 cm³/mol. The Morgan fingerprint density at radius 3 is 2.45 bits per heavy atom. The summed E-state index contributed by atoms with van der Waals surface area (Å²) in [6, 6.07) is 5.92. The van der Waals surface area contributed by atoms with Gasteiger partial charge in [0.15, 0.2) is 5.82 Å². The van der Waals surface area contributed by atoms with Crippen molar-refractivity contribution < 1.29 is 0 Å². The van der Waals surface area contributed by atoms with E-state index in [0.717, 1.165) is 49.3 Å². The van der Waals surface area contributed by atoms with E-state index in [1.807, 2.05) is 16.8 Å². The minimum atomic E-state index is -0.302. The lowest BCUT2D eigenvalue weighted by atomic mass is 9.98. The number of benzene rings is 1. The summed E-state index contributed by atoms with van der Waals surface area (Å²) < 4.78 is 1.90. The first-order valence-corrected chi connectivity index (χ1v) is 11.1. The van der Waals surface area contributed by atoms with E-state index in [0.29, 0.717) is 5.56 Å². The molecule has 31 heavy (non-hydrogen) atoms. The molecule has 1 N–H and O–H groups in total. The van der Waals surface area contributed by atoms with Crippen molar-refractivity contribution in [2.45, 2.75) is 52.6 Å². The van der Waals surface area contributed by atoms with Crippen molar-refractivity contribution >= 4 is 10.9 Å². The van der Waals surface area contributed by atoms with Crippen molar-refractivity contribution in [2.75, 3.05) is 33.2 Å². The molecule has 0 radical (unpaired) electrons. The third-order valence-corrected chi connectivity index (χ3v) is 6.86. The van der Waals surface area contributed by atoms with Gasteiger partial charge in [-0.25, -0.2) is 4.68 Å². The zero-order chi connectivity index (χ0) is 22.3. The van der Waals surface area contributed by atoms with Gasteiger partial charge in [-0.05, 0) is 86.3 Å². The highest BCUT2D eigenvalue weighted by atomic mass is 16.1. The van der Waals surface area contributed by atoms with Crippen LogP contribution in [0, 0.1) is 13.8 Å². The predicted octanol–water partition coefficient (Wildman–Crippen LogP) is 2.61. The van der Waals surface area contributed by atoms with Crippen LogP contribution in [0.25, 0.3) is 10.9 Å². The Hall–Kier alpha value is -2.58. The summed E-state index contributed by atoms with van der Waals surface area (Å²) in [4.78, 5) is 21.1. The third-order valence-electron chi connectivity index (χ3n) is 6.86. The molecule has 4 rings (SSSR count). The lowest BCUT2D eigenvalue weighted by Gasteiger charge is -2.38. The number of aryl methyl sites for hydroxylation is 2. The highest BCUT2D eigenvalue weighted by Crippen LogP contribution is 2.31. The molecule has 0 unspecified atom stereocenters. The molecule has 3 aromatic rings. The molecule has 166 valence electrons. The molecule has 2 aromatic heterocycles. The molecule has 0 bridgehead atoms. The smallest absolute Gasteiger partial charge is 0.253 e. The van der Waals surface area contributed by atoms with E-state index in [2.05, 4.69) is 78.0 Å². The van der Waals surface area contributed by atoms with Crippen molar-refractivity contribution in [2.24, 2.45) is 0 Å². The SMILES string of the molecule is CCC(C)(C)n1nnnc1[C@@H](c1cc2cc(C)c(C)cc2[nH]c1=O)N1CCN(C)CC1. The van der Waals surface area contributed by atoms with Crippen LogP contribution >= 0.6 is 0 Å². The molecule has 1 atom stereocenters. The molecule has 8 nitrogen and oxygen atoms in total. The quantitative estimate of drug-likeness (QED) is 0.679. The van der Waals surface area contributed by atoms with Gasteiger partial charge in [-0.2, -0.15) is 0 Å². The van der Waals surface area contributed by atoms with Crippen LogP contribution in [0.15, 0.2) is 23.0 Å². The van der Waals surface area contributed by atoms with E-state index in [1.165, 1.54) is 11.1 Å². The van der Waals surface area contributed by atoms with Crippen LogP contribution in [0.1, 0.15) is 55.7 Å². The molecular weight excluding hydrogens is 390 g/mol. The van der Waals surface area contributed by atoms with Crippen LogP contribution in [-0.2, 0) is 5.54 Å². The number of tetrazole rings is 1. The number of pyridine rings is 1. The second-order valence-corrected chi connectivity index (χ2v) is 9.43. The standard InChI is InChI=1S/C23H33N7O/c1-7-23(4,5)30-21(25-26-27-30)20(29-10-8-28(6)9-11-29)18-14-17-12-15(2)16(3)13-19(17)24-22(18)31/h12-14,20H,7-11H2,1-6H3,(H,24,31)/t20-/m1/s1. The minimum Gasteiger partial charge on any atom is -0.322 e. The van der Waals surface area contributed by atoms with Gasteiger partial charge in [0.05, 0.1) is 5.54 Å². The molecule has 3 heterocycles. The number of H-pyrrole nitrogens is 1. The lowest BCUT2D eigenvalue weighted by molar-refractivity contribution is 0.117. The average Bonchev–Trinajstić information content (AvgIpc) is 3.22. The number of likely N-dealkylation sites (N-methyl/N-ethyl adjacent to an activating group) is 1. The van der Waals surface area contributed by atoms with Crippen molar-refractivity contribution in [1.82, 2.24) is 35.0 Å². The monoisotopic (exact) mass is 423 g/mol. The number of rotatable bonds is 5. The number of hydrogen-bond donors (Lipinski definition) is 1. The number of piperazine rings is 1. The van der Waals surface area contributed by atoms with Gasteiger partial charge in [-0.15, -0.1) is 5.10 Å². The number of aromatic nitrogens is 5. The third kappa shape index (κ3) is 4.02. The van der Waals surface area contributed by atoms with Gasteiger partial charge in [0.1, 0.15) is 6.04 Å². The molecule has 1 aromatic carbocycles. The fourth-order valence-corrected chi connectivity index (χ4v) is 4.22. The van der Waals surface area contributed by atoms with Gasteiger partial charge in [-0.3, -0.25) is 9.69 Å². The van der Waals surface area contributed by atoms with Gasteiger partial charge in [0.2, 0.25) is 0 Å². The Balaban J connectivity index is 1.90. The van der Waals surface area contributed by atoms with Crippen LogP contribution in [0.2, 0.25) is 0 Å². The molecule has 0 amide bonds. The highest BCUT2D eigenvalue weighted by Gasteiger charge is 2.35. The summed E-state index contributed by atoms with van der Waals surface area (Å²) in [5.74, 6) is 0.727. The summed E-state index contributed by atoms with van der Waals surface area (Å²) in [6.45, 7) is 14.1. The summed E-state index contributed by atoms with van der Waals surface area (Å²) in [6.07, 6.45) is 0.882. The largest absolute Gasteiger partial charge is 0.322 e. The summed E-state index contributed by atoms with van der Waals surface area (Å²) in [5.41, 5.74) is 3.61. The Bertz CT molecular complexity index is 1140. The first kappa shape index (κ1) is 21.6. The van der Waals surface area contributed by atoms with E-state index in [9.17, 15) is 4.79 Å². The van der Waals surface area contributed by atoms with Gasteiger partial charge in [-0.1, -0.05) is 6.92 Å². The molecule has 1 saturated heterocycles. The van der Waals surface area contributed by atoms with Crippen molar-refractivity contribution in [3.8, 4) is 0 Å². The Morgan fingerprint density at radius 1 is 1.10 bits per heavy atom. The Kier molecular flexibility index (Phi) is 5.70. The molecular formula is C23H33N7O. The zero-order valence-corrected chi connectivity index (χ0v) is 19.4. The minimum absolute atomic E-state index is 0.0801. The molecule has 8 heteroatoms. The highest BCUT2D eigenvalue weighted by molar-refractivity contribution is 5.81. The molecule has 0 aliphatic carbocycles. The van der Waals surface area contributed by atoms with Gasteiger partial charge >= 0.3 is 0 Å². The van der Waals surface area contributed by atoms with Crippen molar-refractivity contribution in [1.29, 1.82) is 0 Å². The first-order valence-electron chi connectivity index (χ1n) is 11.1. The number of nitrogens with zero attached hydrogens (tertiary/aromatic N) is 6. The Morgan fingerprint density at radius 2 is 1.77 bits per heavy atom. The maximum atomic E-state index is 13.3. The second-order valence-electron chi connectivity index (χ2n) is 9.43. The topological polar surface area (TPSA) is 82.9 Å². The van der Waals surface area contributed by atoms with E-state index < -0.39 is 0 Å². The maximum Gasteiger partial charge on any atom is 0.253 e. The van der Waals surface area contributed by atoms with Crippen molar-refractivity contribution in [3.63, 3.8) is 0 Å². The van der Waals surface area contributed by atoms with Crippen LogP contribution in [0.3, 0.4) is 0 Å². The molecule has 0 saturated carbocycles. The maximum absolute atomic E-state index is 13.3. The van der Waals surface area contributed by atoms with E-state index in [-0.39, 0.29) is 17.1 Å². The molecule has 1 fully saturated rings. The fourth-order valence-electron chi connectivity index (χ4n) is 4.22. The average molecular weight is 424 g/mol. The van der Waals surface area contributed by atoms with Gasteiger partial charge < -0.3 is 9.88 Å². The van der Waals surface area contributed by atoms with Crippen LogP contribution in [-0.4, -0.2) is 68.2 Å². The van der Waals surface area contributed by atoms with E-state index in [4.69, 9.17) is 0 Å². The van der Waals surface area contributed by atoms with E-state index in [1.54, 1.807) is 0 Å². The zero-order valence-electron chi connectivity index (χ0n) is 19.4. The fraction of sp³-hybridized carbons (Fsp3) is 0.565. The Labute approximate surface area is 183 Å². The summed E-state index contributed by atoms with van der Waals surface area (Å²) >= 11 is 0. The van der Waals surface area contributed by atoms with E-state index >= 15 is 0 Å². The first-order chi connectivity index (χ1) is 14.7. The second kappa shape index (κ2) is 8.16. The van der Waals surface area contributed by atoms with Gasteiger partial charge in [0, 0.05) is 37.3 Å². The summed E-state index contributed by atoms with van der Waals surface area (Å²) in [7, 11) is 2.13. The number of fused-ring (bicyclic) bond motifs is 1.